The maximum Gasteiger partial charge on any atom is 0.124 e. The predicted octanol–water partition coefficient (Wildman–Crippen LogP) is 1.59. The fourth-order valence-electron chi connectivity index (χ4n) is 1.16. The van der Waals surface area contributed by atoms with E-state index in [1.807, 2.05) is 24.3 Å². The minimum atomic E-state index is 0.0143. The number of benzene rings is 1. The van der Waals surface area contributed by atoms with Gasteiger partial charge < -0.3 is 14.6 Å². The standard InChI is InChI=1S/C11H16O3/c1-13-7-4-8-14-11-6-3-2-5-10(11)9-12/h2-3,5-6,12H,4,7-9H2,1H3. The van der Waals surface area contributed by atoms with Gasteiger partial charge in [-0.05, 0) is 6.07 Å². The summed E-state index contributed by atoms with van der Waals surface area (Å²) < 4.78 is 10.4. The topological polar surface area (TPSA) is 38.7 Å². The molecule has 0 heterocycles. The summed E-state index contributed by atoms with van der Waals surface area (Å²) in [4.78, 5) is 0. The molecule has 0 aromatic heterocycles. The molecule has 0 unspecified atom stereocenters. The molecule has 0 bridgehead atoms. The average molecular weight is 196 g/mol. The summed E-state index contributed by atoms with van der Waals surface area (Å²) in [5.41, 5.74) is 0.824. The minimum Gasteiger partial charge on any atom is -0.493 e. The van der Waals surface area contributed by atoms with Crippen molar-refractivity contribution in [2.24, 2.45) is 0 Å². The molecule has 0 atom stereocenters. The van der Waals surface area contributed by atoms with Crippen LogP contribution in [0.1, 0.15) is 12.0 Å². The van der Waals surface area contributed by atoms with Crippen LogP contribution in [0.5, 0.6) is 5.75 Å². The van der Waals surface area contributed by atoms with E-state index in [-0.39, 0.29) is 6.61 Å². The van der Waals surface area contributed by atoms with Gasteiger partial charge in [0.05, 0.1) is 13.2 Å². The van der Waals surface area contributed by atoms with Gasteiger partial charge in [0.15, 0.2) is 0 Å². The number of methoxy groups -OCH3 is 1. The van der Waals surface area contributed by atoms with Crippen LogP contribution in [0.15, 0.2) is 24.3 Å². The lowest BCUT2D eigenvalue weighted by atomic mass is 10.2. The van der Waals surface area contributed by atoms with Crippen LogP contribution in [-0.4, -0.2) is 25.4 Å². The monoisotopic (exact) mass is 196 g/mol. The molecule has 14 heavy (non-hydrogen) atoms. The van der Waals surface area contributed by atoms with Gasteiger partial charge in [-0.15, -0.1) is 0 Å². The van der Waals surface area contributed by atoms with Crippen molar-refractivity contribution in [3.05, 3.63) is 29.8 Å². The second-order valence-corrected chi connectivity index (χ2v) is 2.96. The Kier molecular flexibility index (Phi) is 5.04. The number of para-hydroxylation sites is 1. The van der Waals surface area contributed by atoms with Gasteiger partial charge in [-0.25, -0.2) is 0 Å². The third-order valence-electron chi connectivity index (χ3n) is 1.89. The van der Waals surface area contributed by atoms with Crippen LogP contribution in [0, 0.1) is 0 Å². The Labute approximate surface area is 84.3 Å². The molecule has 0 fully saturated rings. The van der Waals surface area contributed by atoms with Crippen molar-refractivity contribution in [3.8, 4) is 5.75 Å². The Bertz CT molecular complexity index is 260. The van der Waals surface area contributed by atoms with E-state index < -0.39 is 0 Å². The Balaban J connectivity index is 2.41. The zero-order valence-electron chi connectivity index (χ0n) is 8.40. The molecule has 78 valence electrons. The molecule has 0 amide bonds. The second kappa shape index (κ2) is 6.40. The molecule has 1 aromatic rings. The van der Waals surface area contributed by atoms with Crippen molar-refractivity contribution < 1.29 is 14.6 Å². The highest BCUT2D eigenvalue weighted by molar-refractivity contribution is 5.32. The van der Waals surface area contributed by atoms with Crippen molar-refractivity contribution in [1.82, 2.24) is 0 Å². The fraction of sp³-hybridized carbons (Fsp3) is 0.455. The summed E-state index contributed by atoms with van der Waals surface area (Å²) in [6.45, 7) is 1.33. The SMILES string of the molecule is COCCCOc1ccccc1CO. The van der Waals surface area contributed by atoms with E-state index in [2.05, 4.69) is 0 Å². The number of aliphatic hydroxyl groups is 1. The number of aliphatic hydroxyl groups excluding tert-OH is 1. The van der Waals surface area contributed by atoms with Gasteiger partial charge in [-0.2, -0.15) is 0 Å². The quantitative estimate of drug-likeness (QED) is 0.702. The minimum absolute atomic E-state index is 0.0143. The Morgan fingerprint density at radius 1 is 1.21 bits per heavy atom. The Morgan fingerprint density at radius 2 is 2.00 bits per heavy atom. The van der Waals surface area contributed by atoms with E-state index in [1.165, 1.54) is 0 Å². The van der Waals surface area contributed by atoms with Crippen LogP contribution in [0.3, 0.4) is 0 Å². The van der Waals surface area contributed by atoms with E-state index in [0.717, 1.165) is 17.7 Å². The molecule has 0 saturated carbocycles. The first kappa shape index (κ1) is 11.0. The lowest BCUT2D eigenvalue weighted by Crippen LogP contribution is -2.03. The van der Waals surface area contributed by atoms with Gasteiger partial charge in [-0.1, -0.05) is 18.2 Å². The number of rotatable bonds is 6. The molecule has 1 aromatic carbocycles. The molecule has 1 N–H and O–H groups in total. The van der Waals surface area contributed by atoms with Crippen LogP contribution >= 0.6 is 0 Å². The zero-order valence-corrected chi connectivity index (χ0v) is 8.40. The van der Waals surface area contributed by atoms with Crippen LogP contribution < -0.4 is 4.74 Å². The lowest BCUT2D eigenvalue weighted by Gasteiger charge is -2.09. The number of hydrogen-bond donors (Lipinski definition) is 1. The molecule has 0 aliphatic carbocycles. The zero-order chi connectivity index (χ0) is 10.2. The highest BCUT2D eigenvalue weighted by Gasteiger charge is 2.00. The average Bonchev–Trinajstić information content (AvgIpc) is 2.25. The fourth-order valence-corrected chi connectivity index (χ4v) is 1.16. The van der Waals surface area contributed by atoms with Gasteiger partial charge >= 0.3 is 0 Å². The summed E-state index contributed by atoms with van der Waals surface area (Å²) in [6, 6.07) is 7.49. The maximum atomic E-state index is 9.02. The van der Waals surface area contributed by atoms with Crippen LogP contribution in [0.2, 0.25) is 0 Å². The van der Waals surface area contributed by atoms with Gasteiger partial charge in [-0.3, -0.25) is 0 Å². The van der Waals surface area contributed by atoms with Gasteiger partial charge in [0, 0.05) is 25.7 Å². The van der Waals surface area contributed by atoms with Crippen molar-refractivity contribution in [2.45, 2.75) is 13.0 Å². The molecule has 0 aliphatic rings. The summed E-state index contributed by atoms with van der Waals surface area (Å²) in [7, 11) is 1.67. The molecule has 3 nitrogen and oxygen atoms in total. The highest BCUT2D eigenvalue weighted by atomic mass is 16.5. The molecule has 0 saturated heterocycles. The molecule has 3 heteroatoms. The van der Waals surface area contributed by atoms with Crippen LogP contribution in [-0.2, 0) is 11.3 Å². The van der Waals surface area contributed by atoms with E-state index in [0.29, 0.717) is 13.2 Å². The molecule has 0 radical (unpaired) electrons. The van der Waals surface area contributed by atoms with Crippen molar-refractivity contribution in [2.75, 3.05) is 20.3 Å². The van der Waals surface area contributed by atoms with Gasteiger partial charge in [0.2, 0.25) is 0 Å². The van der Waals surface area contributed by atoms with E-state index in [1.54, 1.807) is 7.11 Å². The van der Waals surface area contributed by atoms with E-state index >= 15 is 0 Å². The first-order valence-corrected chi connectivity index (χ1v) is 4.69. The Morgan fingerprint density at radius 3 is 2.71 bits per heavy atom. The second-order valence-electron chi connectivity index (χ2n) is 2.96. The van der Waals surface area contributed by atoms with Crippen molar-refractivity contribution in [3.63, 3.8) is 0 Å². The first-order valence-electron chi connectivity index (χ1n) is 4.69. The highest BCUT2D eigenvalue weighted by Crippen LogP contribution is 2.17. The molecule has 0 spiro atoms. The first-order chi connectivity index (χ1) is 6.88. The summed E-state index contributed by atoms with van der Waals surface area (Å²) in [5.74, 6) is 0.756. The normalized spacial score (nSPS) is 10.1. The van der Waals surface area contributed by atoms with E-state index in [9.17, 15) is 0 Å². The van der Waals surface area contributed by atoms with E-state index in [4.69, 9.17) is 14.6 Å². The molecule has 0 aliphatic heterocycles. The largest absolute Gasteiger partial charge is 0.493 e. The van der Waals surface area contributed by atoms with Crippen molar-refractivity contribution in [1.29, 1.82) is 0 Å². The van der Waals surface area contributed by atoms with Crippen molar-refractivity contribution >= 4 is 0 Å². The Hall–Kier alpha value is -1.06. The van der Waals surface area contributed by atoms with Gasteiger partial charge in [0.25, 0.3) is 0 Å². The smallest absolute Gasteiger partial charge is 0.124 e. The summed E-state index contributed by atoms with van der Waals surface area (Å²) >= 11 is 0. The maximum absolute atomic E-state index is 9.02. The summed E-state index contributed by atoms with van der Waals surface area (Å²) in [6.07, 6.45) is 0.857. The van der Waals surface area contributed by atoms with Crippen LogP contribution in [0.4, 0.5) is 0 Å². The third-order valence-corrected chi connectivity index (χ3v) is 1.89. The molecule has 1 rings (SSSR count). The third kappa shape index (κ3) is 3.36. The van der Waals surface area contributed by atoms with Crippen LogP contribution in [0.25, 0.3) is 0 Å². The number of ether oxygens (including phenoxy) is 2. The lowest BCUT2D eigenvalue weighted by molar-refractivity contribution is 0.170. The number of hydrogen-bond acceptors (Lipinski definition) is 3. The predicted molar refractivity (Wildman–Crippen MR) is 54.4 cm³/mol. The molecular weight excluding hydrogens is 180 g/mol. The van der Waals surface area contributed by atoms with Gasteiger partial charge in [0.1, 0.15) is 5.75 Å². The summed E-state index contributed by atoms with van der Waals surface area (Å²) in [5, 5.41) is 9.02. The molecular formula is C11H16O3.